The van der Waals surface area contributed by atoms with Crippen LogP contribution in [-0.2, 0) is 4.74 Å². The third-order valence-electron chi connectivity index (χ3n) is 2.59. The number of benzene rings is 1. The highest BCUT2D eigenvalue weighted by atomic mass is 16.5. The number of hydrogen-bond donors (Lipinski definition) is 2. The molecule has 4 nitrogen and oxygen atoms in total. The zero-order valence-electron chi connectivity index (χ0n) is 11.1. The average molecular weight is 247 g/mol. The summed E-state index contributed by atoms with van der Waals surface area (Å²) in [6, 6.07) is 7.42. The summed E-state index contributed by atoms with van der Waals surface area (Å²) in [5.41, 5.74) is 7.56. The number of nitriles is 1. The lowest BCUT2D eigenvalue weighted by Crippen LogP contribution is -2.11. The summed E-state index contributed by atoms with van der Waals surface area (Å²) in [6.45, 7) is 6.55. The van der Waals surface area contributed by atoms with Crippen LogP contribution in [0.5, 0.6) is 0 Å². The summed E-state index contributed by atoms with van der Waals surface area (Å²) >= 11 is 0. The van der Waals surface area contributed by atoms with Gasteiger partial charge in [-0.25, -0.2) is 0 Å². The van der Waals surface area contributed by atoms with E-state index in [1.54, 1.807) is 12.1 Å². The standard InChI is InChI=1S/C14H21N3O/c1-11(2)5-7-18-8-6-17-13-3-4-14(16)12(9-13)10-15/h3-4,9,11,17H,5-8,16H2,1-2H3. The van der Waals surface area contributed by atoms with E-state index in [0.29, 0.717) is 23.8 Å². The van der Waals surface area contributed by atoms with Gasteiger partial charge in [0.15, 0.2) is 0 Å². The molecule has 0 aromatic heterocycles. The normalized spacial score (nSPS) is 10.3. The Hall–Kier alpha value is -1.73. The van der Waals surface area contributed by atoms with Crippen molar-refractivity contribution in [1.82, 2.24) is 0 Å². The largest absolute Gasteiger partial charge is 0.398 e. The number of ether oxygens (including phenoxy) is 1. The molecule has 18 heavy (non-hydrogen) atoms. The van der Waals surface area contributed by atoms with E-state index in [1.807, 2.05) is 6.07 Å². The second kappa shape index (κ2) is 7.57. The van der Waals surface area contributed by atoms with E-state index in [1.165, 1.54) is 0 Å². The molecule has 0 saturated carbocycles. The molecule has 0 bridgehead atoms. The fourth-order valence-electron chi connectivity index (χ4n) is 1.45. The van der Waals surface area contributed by atoms with Gasteiger partial charge in [0.25, 0.3) is 0 Å². The van der Waals surface area contributed by atoms with Crippen molar-refractivity contribution in [2.75, 3.05) is 30.8 Å². The van der Waals surface area contributed by atoms with Gasteiger partial charge in [-0.05, 0) is 30.5 Å². The molecule has 1 aromatic carbocycles. The second-order valence-electron chi connectivity index (χ2n) is 4.64. The van der Waals surface area contributed by atoms with E-state index in [9.17, 15) is 0 Å². The van der Waals surface area contributed by atoms with Crippen molar-refractivity contribution < 1.29 is 4.74 Å². The molecule has 1 rings (SSSR count). The fourth-order valence-corrected chi connectivity index (χ4v) is 1.45. The van der Waals surface area contributed by atoms with Crippen molar-refractivity contribution in [1.29, 1.82) is 5.26 Å². The number of nitrogens with one attached hydrogen (secondary N) is 1. The molecule has 0 saturated heterocycles. The molecule has 0 heterocycles. The smallest absolute Gasteiger partial charge is 0.101 e. The maximum Gasteiger partial charge on any atom is 0.101 e. The van der Waals surface area contributed by atoms with Crippen LogP contribution in [0.25, 0.3) is 0 Å². The minimum atomic E-state index is 0.501. The second-order valence-corrected chi connectivity index (χ2v) is 4.64. The van der Waals surface area contributed by atoms with Gasteiger partial charge < -0.3 is 15.8 Å². The van der Waals surface area contributed by atoms with Crippen LogP contribution in [0.1, 0.15) is 25.8 Å². The van der Waals surface area contributed by atoms with E-state index >= 15 is 0 Å². The van der Waals surface area contributed by atoms with Crippen LogP contribution >= 0.6 is 0 Å². The predicted molar refractivity (Wildman–Crippen MR) is 74.3 cm³/mol. The highest BCUT2D eigenvalue weighted by molar-refractivity contribution is 5.61. The van der Waals surface area contributed by atoms with Crippen LogP contribution in [-0.4, -0.2) is 19.8 Å². The maximum atomic E-state index is 8.85. The van der Waals surface area contributed by atoms with Gasteiger partial charge in [-0.15, -0.1) is 0 Å². The van der Waals surface area contributed by atoms with Gasteiger partial charge in [-0.1, -0.05) is 13.8 Å². The van der Waals surface area contributed by atoms with Crippen molar-refractivity contribution in [2.45, 2.75) is 20.3 Å². The number of hydrogen-bond acceptors (Lipinski definition) is 4. The molecule has 0 aliphatic rings. The van der Waals surface area contributed by atoms with Crippen LogP contribution in [0.15, 0.2) is 18.2 Å². The van der Waals surface area contributed by atoms with E-state index in [0.717, 1.165) is 25.3 Å². The summed E-state index contributed by atoms with van der Waals surface area (Å²) in [5.74, 6) is 0.674. The number of anilines is 2. The summed E-state index contributed by atoms with van der Waals surface area (Å²) in [5, 5.41) is 12.1. The van der Waals surface area contributed by atoms with Gasteiger partial charge >= 0.3 is 0 Å². The zero-order chi connectivity index (χ0) is 13.4. The molecule has 0 radical (unpaired) electrons. The first-order valence-electron chi connectivity index (χ1n) is 6.24. The van der Waals surface area contributed by atoms with E-state index < -0.39 is 0 Å². The maximum absolute atomic E-state index is 8.85. The summed E-state index contributed by atoms with van der Waals surface area (Å²) in [4.78, 5) is 0. The van der Waals surface area contributed by atoms with Crippen molar-refractivity contribution in [3.8, 4) is 6.07 Å². The molecule has 0 aliphatic heterocycles. The molecule has 0 fully saturated rings. The first-order valence-corrected chi connectivity index (χ1v) is 6.24. The van der Waals surface area contributed by atoms with Crippen LogP contribution in [0.2, 0.25) is 0 Å². The minimum Gasteiger partial charge on any atom is -0.398 e. The Morgan fingerprint density at radius 1 is 1.39 bits per heavy atom. The Kier molecular flexibility index (Phi) is 6.03. The Balaban J connectivity index is 2.26. The zero-order valence-corrected chi connectivity index (χ0v) is 11.1. The van der Waals surface area contributed by atoms with Crippen molar-refractivity contribution in [2.24, 2.45) is 5.92 Å². The highest BCUT2D eigenvalue weighted by Gasteiger charge is 1.99. The number of nitrogen functional groups attached to an aromatic ring is 1. The summed E-state index contributed by atoms with van der Waals surface area (Å²) in [6.07, 6.45) is 1.08. The third-order valence-corrected chi connectivity index (χ3v) is 2.59. The Morgan fingerprint density at radius 3 is 2.83 bits per heavy atom. The molecule has 0 spiro atoms. The summed E-state index contributed by atoms with van der Waals surface area (Å²) in [7, 11) is 0. The molecule has 0 amide bonds. The Bertz CT molecular complexity index is 410. The molecule has 3 N–H and O–H groups in total. The molecule has 1 aromatic rings. The minimum absolute atomic E-state index is 0.501. The first kappa shape index (κ1) is 14.3. The molecule has 0 atom stereocenters. The van der Waals surface area contributed by atoms with E-state index in [2.05, 4.69) is 25.2 Å². The first-order chi connectivity index (χ1) is 8.63. The van der Waals surface area contributed by atoms with Gasteiger partial charge in [-0.3, -0.25) is 0 Å². The lowest BCUT2D eigenvalue weighted by molar-refractivity contribution is 0.132. The highest BCUT2D eigenvalue weighted by Crippen LogP contribution is 2.16. The topological polar surface area (TPSA) is 71.1 Å². The number of nitrogens with two attached hydrogens (primary N) is 1. The lowest BCUT2D eigenvalue weighted by Gasteiger charge is -2.09. The number of rotatable bonds is 7. The lowest BCUT2D eigenvalue weighted by atomic mass is 10.1. The SMILES string of the molecule is CC(C)CCOCCNc1ccc(N)c(C#N)c1. The van der Waals surface area contributed by atoms with Gasteiger partial charge in [0.1, 0.15) is 6.07 Å². The van der Waals surface area contributed by atoms with Gasteiger partial charge in [-0.2, -0.15) is 5.26 Å². The molecule has 0 unspecified atom stereocenters. The van der Waals surface area contributed by atoms with Crippen LogP contribution in [0, 0.1) is 17.2 Å². The van der Waals surface area contributed by atoms with Crippen molar-refractivity contribution in [3.63, 3.8) is 0 Å². The Morgan fingerprint density at radius 2 is 2.17 bits per heavy atom. The molecular weight excluding hydrogens is 226 g/mol. The number of nitrogens with zero attached hydrogens (tertiary/aromatic N) is 1. The van der Waals surface area contributed by atoms with Gasteiger partial charge in [0.2, 0.25) is 0 Å². The van der Waals surface area contributed by atoms with E-state index in [-0.39, 0.29) is 0 Å². The fraction of sp³-hybridized carbons (Fsp3) is 0.500. The summed E-state index contributed by atoms with van der Waals surface area (Å²) < 4.78 is 5.49. The molecule has 4 heteroatoms. The quantitative estimate of drug-likeness (QED) is 0.574. The predicted octanol–water partition coefficient (Wildman–Crippen LogP) is 2.62. The van der Waals surface area contributed by atoms with Crippen molar-refractivity contribution >= 4 is 11.4 Å². The molecule has 98 valence electrons. The monoisotopic (exact) mass is 247 g/mol. The van der Waals surface area contributed by atoms with E-state index in [4.69, 9.17) is 15.7 Å². The van der Waals surface area contributed by atoms with Crippen molar-refractivity contribution in [3.05, 3.63) is 23.8 Å². The Labute approximate surface area is 109 Å². The van der Waals surface area contributed by atoms with Crippen LogP contribution < -0.4 is 11.1 Å². The van der Waals surface area contributed by atoms with Gasteiger partial charge in [0, 0.05) is 24.5 Å². The average Bonchev–Trinajstić information content (AvgIpc) is 2.35. The van der Waals surface area contributed by atoms with Crippen LogP contribution in [0.3, 0.4) is 0 Å². The molecular formula is C14H21N3O. The van der Waals surface area contributed by atoms with Crippen LogP contribution in [0.4, 0.5) is 11.4 Å². The third kappa shape index (κ3) is 5.07. The molecule has 0 aliphatic carbocycles. The van der Waals surface area contributed by atoms with Gasteiger partial charge in [0.05, 0.1) is 12.2 Å².